The molecule has 0 saturated heterocycles. The third-order valence-corrected chi connectivity index (χ3v) is 5.18. The molecule has 0 radical (unpaired) electrons. The molecule has 8 heteroatoms. The molecule has 0 spiro atoms. The standard InChI is InChI=1S/C20H19BCl3N2O2/c1-14-17(19(27)26(2)3)18(20(22,23)24)25-21(28-14,15-10-6-4-7-11-15)16-12-8-5-9-13-16/h4-13H,1-3H3/q-1. The first-order chi connectivity index (χ1) is 13.2. The summed E-state index contributed by atoms with van der Waals surface area (Å²) in [5, 5.41) is 0. The summed E-state index contributed by atoms with van der Waals surface area (Å²) in [4.78, 5) is 19.0. The van der Waals surface area contributed by atoms with Crippen LogP contribution in [0.3, 0.4) is 0 Å². The van der Waals surface area contributed by atoms with Gasteiger partial charge in [0.05, 0.1) is 17.0 Å². The first-order valence-corrected chi connectivity index (χ1v) is 9.84. The number of amides is 1. The second-order valence-corrected chi connectivity index (χ2v) is 9.07. The Bertz CT molecular complexity index is 899. The minimum absolute atomic E-state index is 0.0765. The molecule has 4 nitrogen and oxygen atoms in total. The number of hydrogen-bond donors (Lipinski definition) is 0. The average Bonchev–Trinajstić information content (AvgIpc) is 2.67. The summed E-state index contributed by atoms with van der Waals surface area (Å²) in [6.07, 6.45) is 0. The van der Waals surface area contributed by atoms with E-state index in [9.17, 15) is 4.79 Å². The van der Waals surface area contributed by atoms with Gasteiger partial charge in [-0.3, -0.25) is 4.79 Å². The molecule has 0 unspecified atom stereocenters. The van der Waals surface area contributed by atoms with Gasteiger partial charge in [-0.25, -0.2) is 0 Å². The van der Waals surface area contributed by atoms with E-state index in [0.29, 0.717) is 5.76 Å². The Morgan fingerprint density at radius 1 is 0.964 bits per heavy atom. The molecule has 1 amide bonds. The summed E-state index contributed by atoms with van der Waals surface area (Å²) < 4.78 is 4.49. The van der Waals surface area contributed by atoms with Crippen LogP contribution in [-0.2, 0) is 9.45 Å². The SMILES string of the molecule is CC1=C(C(=O)N(C)C)C(C(Cl)(Cl)Cl)=N[B-](c2ccccc2)(c2ccccc2)O1. The van der Waals surface area contributed by atoms with E-state index < -0.39 is 10.3 Å². The Hall–Kier alpha value is -1.95. The molecule has 28 heavy (non-hydrogen) atoms. The zero-order valence-corrected chi connectivity index (χ0v) is 18.0. The minimum atomic E-state index is -2.14. The fourth-order valence-electron chi connectivity index (χ4n) is 3.35. The largest absolute Gasteiger partial charge is 0.692 e. The zero-order valence-electron chi connectivity index (χ0n) is 15.7. The molecule has 3 rings (SSSR count). The van der Waals surface area contributed by atoms with Crippen LogP contribution in [0.1, 0.15) is 6.92 Å². The van der Waals surface area contributed by atoms with Crippen LogP contribution >= 0.6 is 34.8 Å². The van der Waals surface area contributed by atoms with Crippen molar-refractivity contribution >= 4 is 63.8 Å². The molecule has 1 heterocycles. The second kappa shape index (κ2) is 7.82. The van der Waals surface area contributed by atoms with E-state index in [1.165, 1.54) is 4.90 Å². The van der Waals surface area contributed by atoms with Crippen LogP contribution < -0.4 is 10.9 Å². The molecule has 146 valence electrons. The number of alkyl halides is 3. The van der Waals surface area contributed by atoms with E-state index in [0.717, 1.165) is 10.9 Å². The smallest absolute Gasteiger partial charge is 0.335 e. The van der Waals surface area contributed by atoms with Gasteiger partial charge in [0.25, 0.3) is 5.91 Å². The van der Waals surface area contributed by atoms with Gasteiger partial charge >= 0.3 is 6.48 Å². The normalized spacial score (nSPS) is 16.3. The number of likely N-dealkylation sites (N-methyl/N-ethyl adjacent to an activating group) is 1. The van der Waals surface area contributed by atoms with E-state index in [-0.39, 0.29) is 17.2 Å². The van der Waals surface area contributed by atoms with E-state index in [4.69, 9.17) is 44.4 Å². The van der Waals surface area contributed by atoms with Gasteiger partial charge in [0.1, 0.15) is 0 Å². The first-order valence-electron chi connectivity index (χ1n) is 8.71. The summed E-state index contributed by atoms with van der Waals surface area (Å²) in [5.74, 6) is 0.0239. The molecule has 2 aromatic rings. The predicted octanol–water partition coefficient (Wildman–Crippen LogP) is 3.45. The Balaban J connectivity index is 2.32. The summed E-state index contributed by atoms with van der Waals surface area (Å²) >= 11 is 18.8. The first kappa shape index (κ1) is 20.8. The Morgan fingerprint density at radius 2 is 1.43 bits per heavy atom. The van der Waals surface area contributed by atoms with E-state index in [2.05, 4.69) is 0 Å². The van der Waals surface area contributed by atoms with Crippen LogP contribution in [-0.4, -0.2) is 40.9 Å². The minimum Gasteiger partial charge on any atom is -0.692 e. The van der Waals surface area contributed by atoms with Crippen LogP contribution in [0.15, 0.2) is 76.9 Å². The van der Waals surface area contributed by atoms with Crippen LogP contribution in [0.4, 0.5) is 0 Å². The quantitative estimate of drug-likeness (QED) is 0.546. The number of nitrogens with zero attached hydrogens (tertiary/aromatic N) is 2. The Labute approximate surface area is 179 Å². The molecule has 0 bridgehead atoms. The summed E-state index contributed by atoms with van der Waals surface area (Å²) in [6.45, 7) is -0.437. The van der Waals surface area contributed by atoms with Crippen molar-refractivity contribution in [3.63, 3.8) is 0 Å². The zero-order chi connectivity index (χ0) is 20.5. The molecule has 0 N–H and O–H groups in total. The van der Waals surface area contributed by atoms with E-state index >= 15 is 0 Å². The molecule has 1 aliphatic rings. The molecule has 1 aliphatic heterocycles. The maximum atomic E-state index is 12.8. The third-order valence-electron chi connectivity index (χ3n) is 4.64. The summed E-state index contributed by atoms with van der Waals surface area (Å²) in [6, 6.07) is 19.1. The van der Waals surface area contributed by atoms with Crippen molar-refractivity contribution in [1.82, 2.24) is 4.90 Å². The van der Waals surface area contributed by atoms with Crippen molar-refractivity contribution < 1.29 is 9.45 Å². The highest BCUT2D eigenvalue weighted by Crippen LogP contribution is 2.37. The van der Waals surface area contributed by atoms with Gasteiger partial charge in [0, 0.05) is 14.1 Å². The second-order valence-electron chi connectivity index (χ2n) is 6.79. The van der Waals surface area contributed by atoms with Gasteiger partial charge in [0.2, 0.25) is 3.79 Å². The number of carbonyl (C=O) groups is 1. The predicted molar refractivity (Wildman–Crippen MR) is 118 cm³/mol. The number of rotatable bonds is 3. The molecule has 0 fully saturated rings. The lowest BCUT2D eigenvalue weighted by molar-refractivity contribution is -0.124. The van der Waals surface area contributed by atoms with Crippen molar-refractivity contribution in [2.24, 2.45) is 4.90 Å². The molecule has 0 aromatic heterocycles. The van der Waals surface area contributed by atoms with Gasteiger partial charge in [-0.2, -0.15) is 0 Å². The van der Waals surface area contributed by atoms with Crippen molar-refractivity contribution in [3.05, 3.63) is 72.0 Å². The maximum absolute atomic E-state index is 12.8. The van der Waals surface area contributed by atoms with Crippen LogP contribution in [0, 0.1) is 0 Å². The van der Waals surface area contributed by atoms with Gasteiger partial charge < -0.3 is 14.5 Å². The molecule has 0 aliphatic carbocycles. The lowest BCUT2D eigenvalue weighted by Crippen LogP contribution is -2.62. The van der Waals surface area contributed by atoms with Crippen molar-refractivity contribution in [2.45, 2.75) is 10.7 Å². The number of hydrogen-bond acceptors (Lipinski definition) is 3. The molecular formula is C20H19BCl3N2O2-. The number of allylic oxidation sites excluding steroid dienone is 1. The monoisotopic (exact) mass is 435 g/mol. The Morgan fingerprint density at radius 3 is 1.82 bits per heavy atom. The lowest BCUT2D eigenvalue weighted by atomic mass is 9.42. The molecule has 2 aromatic carbocycles. The Kier molecular flexibility index (Phi) is 5.80. The molecular weight excluding hydrogens is 417 g/mol. The highest BCUT2D eigenvalue weighted by atomic mass is 35.6. The summed E-state index contributed by atoms with van der Waals surface area (Å²) in [5.41, 5.74) is 1.87. The fraction of sp³-hybridized carbons (Fsp3) is 0.200. The van der Waals surface area contributed by atoms with E-state index in [1.54, 1.807) is 21.0 Å². The van der Waals surface area contributed by atoms with Crippen molar-refractivity contribution in [3.8, 4) is 0 Å². The van der Waals surface area contributed by atoms with Gasteiger partial charge in [-0.1, -0.05) is 95.5 Å². The lowest BCUT2D eigenvalue weighted by Gasteiger charge is -2.46. The fourth-order valence-corrected chi connectivity index (χ4v) is 3.78. The number of benzene rings is 2. The molecule has 0 atom stereocenters. The highest BCUT2D eigenvalue weighted by molar-refractivity contribution is 6.98. The topological polar surface area (TPSA) is 41.9 Å². The van der Waals surface area contributed by atoms with Crippen LogP contribution in [0.5, 0.6) is 0 Å². The number of halogens is 3. The molecule has 0 saturated carbocycles. The maximum Gasteiger partial charge on any atom is 0.335 e. The van der Waals surface area contributed by atoms with Crippen molar-refractivity contribution in [2.75, 3.05) is 14.1 Å². The number of carbonyl (C=O) groups excluding carboxylic acids is 1. The van der Waals surface area contributed by atoms with E-state index in [1.807, 2.05) is 60.7 Å². The van der Waals surface area contributed by atoms with Crippen molar-refractivity contribution in [1.29, 1.82) is 0 Å². The average molecular weight is 437 g/mol. The third kappa shape index (κ3) is 3.79. The summed E-state index contributed by atoms with van der Waals surface area (Å²) in [7, 11) is 3.25. The van der Waals surface area contributed by atoms with Gasteiger partial charge in [0.15, 0.2) is 0 Å². The van der Waals surface area contributed by atoms with Crippen LogP contribution in [0.2, 0.25) is 0 Å². The van der Waals surface area contributed by atoms with Gasteiger partial charge in [-0.15, -0.1) is 10.9 Å². The highest BCUT2D eigenvalue weighted by Gasteiger charge is 2.43. The van der Waals surface area contributed by atoms with Gasteiger partial charge in [-0.05, 0) is 6.92 Å². The van der Waals surface area contributed by atoms with Crippen LogP contribution in [0.25, 0.3) is 0 Å².